The number of methoxy groups -OCH3 is 1. The van der Waals surface area contributed by atoms with Crippen LogP contribution < -0.4 is 15.4 Å². The van der Waals surface area contributed by atoms with E-state index in [0.29, 0.717) is 33.8 Å². The number of nitrogens with one attached hydrogen (secondary N) is 2. The average Bonchev–Trinajstić information content (AvgIpc) is 2.79. The Hall–Kier alpha value is -4.19. The van der Waals surface area contributed by atoms with Gasteiger partial charge in [0.25, 0.3) is 11.8 Å². The molecule has 0 atom stereocenters. The highest BCUT2D eigenvalue weighted by atomic mass is 16.5. The molecular weight excluding hydrogens is 378 g/mol. The van der Waals surface area contributed by atoms with Crippen LogP contribution in [0.2, 0.25) is 0 Å². The zero-order valence-electron chi connectivity index (χ0n) is 16.3. The Morgan fingerprint density at radius 2 is 1.57 bits per heavy atom. The van der Waals surface area contributed by atoms with Crippen LogP contribution in [0.3, 0.4) is 0 Å². The largest absolute Gasteiger partial charge is 0.495 e. The van der Waals surface area contributed by atoms with Crippen molar-refractivity contribution in [2.75, 3.05) is 17.7 Å². The van der Waals surface area contributed by atoms with Gasteiger partial charge in [-0.15, -0.1) is 0 Å². The Kier molecular flexibility index (Phi) is 5.39. The highest BCUT2D eigenvalue weighted by Crippen LogP contribution is 2.24. The van der Waals surface area contributed by atoms with Gasteiger partial charge in [-0.1, -0.05) is 30.3 Å². The number of aromatic nitrogens is 1. The summed E-state index contributed by atoms with van der Waals surface area (Å²) in [5, 5.41) is 6.57. The van der Waals surface area contributed by atoms with Gasteiger partial charge in [0.1, 0.15) is 5.75 Å². The molecule has 3 aromatic carbocycles. The van der Waals surface area contributed by atoms with Crippen LogP contribution in [0.15, 0.2) is 85.1 Å². The molecule has 2 amide bonds. The number of hydrogen-bond acceptors (Lipinski definition) is 4. The standard InChI is InChI=1S/C24H19N3O3/c1-30-21-10-3-2-9-20(21)27-23(28)17-11-13-18(14-12-17)26-24(29)19-8-4-6-16-7-5-15-25-22(16)19/h2-15H,1H3,(H,26,29)(H,27,28). The zero-order chi connectivity index (χ0) is 20.9. The van der Waals surface area contributed by atoms with Crippen LogP contribution >= 0.6 is 0 Å². The van der Waals surface area contributed by atoms with Crippen molar-refractivity contribution >= 4 is 34.1 Å². The smallest absolute Gasteiger partial charge is 0.257 e. The maximum absolute atomic E-state index is 12.7. The molecule has 0 aliphatic rings. The minimum absolute atomic E-state index is 0.259. The number of para-hydroxylation sites is 3. The third kappa shape index (κ3) is 3.98. The third-order valence-electron chi connectivity index (χ3n) is 4.64. The van der Waals surface area contributed by atoms with Gasteiger partial charge in [-0.3, -0.25) is 14.6 Å². The summed E-state index contributed by atoms with van der Waals surface area (Å²) in [5.74, 6) is 0.0552. The van der Waals surface area contributed by atoms with Gasteiger partial charge in [0.2, 0.25) is 0 Å². The van der Waals surface area contributed by atoms with Crippen molar-refractivity contribution in [3.63, 3.8) is 0 Å². The van der Waals surface area contributed by atoms with Crippen molar-refractivity contribution < 1.29 is 14.3 Å². The van der Waals surface area contributed by atoms with Crippen LogP contribution in [0.5, 0.6) is 5.75 Å². The lowest BCUT2D eigenvalue weighted by atomic mass is 10.1. The molecule has 0 unspecified atom stereocenters. The fraction of sp³-hybridized carbons (Fsp3) is 0.0417. The van der Waals surface area contributed by atoms with Crippen molar-refractivity contribution in [3.05, 3.63) is 96.2 Å². The van der Waals surface area contributed by atoms with Crippen LogP contribution in [0.4, 0.5) is 11.4 Å². The molecule has 148 valence electrons. The quantitative estimate of drug-likeness (QED) is 0.509. The maximum atomic E-state index is 12.7. The second-order valence-electron chi connectivity index (χ2n) is 6.57. The molecule has 4 aromatic rings. The molecule has 6 nitrogen and oxygen atoms in total. The Labute approximate surface area is 173 Å². The predicted molar refractivity (Wildman–Crippen MR) is 117 cm³/mol. The maximum Gasteiger partial charge on any atom is 0.257 e. The fourth-order valence-electron chi connectivity index (χ4n) is 3.13. The molecule has 0 fully saturated rings. The molecule has 0 saturated carbocycles. The lowest BCUT2D eigenvalue weighted by molar-refractivity contribution is 0.102. The summed E-state index contributed by atoms with van der Waals surface area (Å²) in [5.41, 5.74) is 2.77. The molecule has 0 radical (unpaired) electrons. The van der Waals surface area contributed by atoms with Gasteiger partial charge in [0.15, 0.2) is 0 Å². The summed E-state index contributed by atoms with van der Waals surface area (Å²) in [6.45, 7) is 0. The van der Waals surface area contributed by atoms with E-state index >= 15 is 0 Å². The molecule has 0 aliphatic carbocycles. The molecule has 1 aromatic heterocycles. The monoisotopic (exact) mass is 397 g/mol. The summed E-state index contributed by atoms with van der Waals surface area (Å²) in [7, 11) is 1.55. The van der Waals surface area contributed by atoms with Gasteiger partial charge >= 0.3 is 0 Å². The second-order valence-corrected chi connectivity index (χ2v) is 6.57. The molecule has 0 spiro atoms. The molecule has 0 bridgehead atoms. The summed E-state index contributed by atoms with van der Waals surface area (Å²) in [6, 6.07) is 23.1. The second kappa shape index (κ2) is 8.45. The Morgan fingerprint density at radius 3 is 2.37 bits per heavy atom. The summed E-state index contributed by atoms with van der Waals surface area (Å²) >= 11 is 0. The highest BCUT2D eigenvalue weighted by molar-refractivity contribution is 6.12. The molecule has 0 saturated heterocycles. The van der Waals surface area contributed by atoms with Crippen molar-refractivity contribution in [1.29, 1.82) is 0 Å². The number of rotatable bonds is 5. The lowest BCUT2D eigenvalue weighted by Crippen LogP contribution is -2.14. The van der Waals surface area contributed by atoms with Gasteiger partial charge < -0.3 is 15.4 Å². The number of anilines is 2. The SMILES string of the molecule is COc1ccccc1NC(=O)c1ccc(NC(=O)c2cccc3cccnc23)cc1. The first-order chi connectivity index (χ1) is 14.7. The van der Waals surface area contributed by atoms with Crippen molar-refractivity contribution in [2.45, 2.75) is 0 Å². The van der Waals surface area contributed by atoms with Gasteiger partial charge in [-0.05, 0) is 48.5 Å². The summed E-state index contributed by atoms with van der Waals surface area (Å²) in [4.78, 5) is 29.5. The number of amides is 2. The molecule has 2 N–H and O–H groups in total. The van der Waals surface area contributed by atoms with E-state index in [1.165, 1.54) is 0 Å². The molecule has 6 heteroatoms. The van der Waals surface area contributed by atoms with Crippen molar-refractivity contribution in [2.24, 2.45) is 0 Å². The van der Waals surface area contributed by atoms with E-state index in [4.69, 9.17) is 4.74 Å². The van der Waals surface area contributed by atoms with Gasteiger partial charge in [-0.25, -0.2) is 0 Å². The van der Waals surface area contributed by atoms with E-state index < -0.39 is 0 Å². The number of hydrogen-bond donors (Lipinski definition) is 2. The molecular formula is C24H19N3O3. The van der Waals surface area contributed by atoms with Crippen LogP contribution in [0.1, 0.15) is 20.7 Å². The zero-order valence-corrected chi connectivity index (χ0v) is 16.3. The summed E-state index contributed by atoms with van der Waals surface area (Å²) < 4.78 is 5.25. The Morgan fingerprint density at radius 1 is 0.800 bits per heavy atom. The third-order valence-corrected chi connectivity index (χ3v) is 4.64. The Balaban J connectivity index is 1.48. The van der Waals surface area contributed by atoms with Crippen LogP contribution in [-0.2, 0) is 0 Å². The average molecular weight is 397 g/mol. The molecule has 4 rings (SSSR count). The minimum Gasteiger partial charge on any atom is -0.495 e. The van der Waals surface area contributed by atoms with Gasteiger partial charge in [-0.2, -0.15) is 0 Å². The first-order valence-electron chi connectivity index (χ1n) is 9.35. The molecule has 0 aliphatic heterocycles. The van der Waals surface area contributed by atoms with Gasteiger partial charge in [0.05, 0.1) is 23.9 Å². The van der Waals surface area contributed by atoms with Gasteiger partial charge in [0, 0.05) is 22.8 Å². The van der Waals surface area contributed by atoms with E-state index in [1.54, 1.807) is 55.8 Å². The number of ether oxygens (including phenoxy) is 1. The topological polar surface area (TPSA) is 80.3 Å². The van der Waals surface area contributed by atoms with E-state index in [1.807, 2.05) is 36.4 Å². The normalized spacial score (nSPS) is 10.4. The first-order valence-corrected chi connectivity index (χ1v) is 9.35. The number of fused-ring (bicyclic) bond motifs is 1. The molecule has 30 heavy (non-hydrogen) atoms. The number of carbonyl (C=O) groups is 2. The molecule has 1 heterocycles. The van der Waals surface area contributed by atoms with Crippen LogP contribution in [-0.4, -0.2) is 23.9 Å². The number of nitrogens with zero attached hydrogens (tertiary/aromatic N) is 1. The first kappa shape index (κ1) is 19.1. The van der Waals surface area contributed by atoms with Crippen LogP contribution in [0, 0.1) is 0 Å². The van der Waals surface area contributed by atoms with E-state index in [-0.39, 0.29) is 11.8 Å². The highest BCUT2D eigenvalue weighted by Gasteiger charge is 2.13. The van der Waals surface area contributed by atoms with Crippen molar-refractivity contribution in [3.8, 4) is 5.75 Å². The van der Waals surface area contributed by atoms with E-state index in [9.17, 15) is 9.59 Å². The number of pyridine rings is 1. The fourth-order valence-corrected chi connectivity index (χ4v) is 3.13. The lowest BCUT2D eigenvalue weighted by Gasteiger charge is -2.11. The minimum atomic E-state index is -0.268. The van der Waals surface area contributed by atoms with Crippen molar-refractivity contribution in [1.82, 2.24) is 4.98 Å². The van der Waals surface area contributed by atoms with E-state index in [2.05, 4.69) is 15.6 Å². The number of carbonyl (C=O) groups excluding carboxylic acids is 2. The summed E-state index contributed by atoms with van der Waals surface area (Å²) in [6.07, 6.45) is 1.66. The van der Waals surface area contributed by atoms with Crippen LogP contribution in [0.25, 0.3) is 10.9 Å². The number of benzene rings is 3. The van der Waals surface area contributed by atoms with E-state index in [0.717, 1.165) is 5.39 Å². The predicted octanol–water partition coefficient (Wildman–Crippen LogP) is 4.75. The Bertz CT molecular complexity index is 1210.